The zero-order chi connectivity index (χ0) is 19.1. The van der Waals surface area contributed by atoms with Gasteiger partial charge in [0.2, 0.25) is 5.92 Å². The van der Waals surface area contributed by atoms with Crippen molar-refractivity contribution in [2.24, 2.45) is 0 Å². The Morgan fingerprint density at radius 2 is 0.870 bits per heavy atom. The molecule has 1 saturated carbocycles. The van der Waals surface area contributed by atoms with Crippen LogP contribution in [-0.2, 0) is 0 Å². The zero-order valence-corrected chi connectivity index (χ0v) is 9.67. The predicted octanol–water partition coefficient (Wildman–Crippen LogP) is 4.95. The summed E-state index contributed by atoms with van der Waals surface area (Å²) in [6, 6.07) is 0. The van der Waals surface area contributed by atoms with Gasteiger partial charge in [0.05, 0.1) is 0 Å². The molecule has 0 aromatic rings. The van der Waals surface area contributed by atoms with Gasteiger partial charge in [-0.15, -0.1) is 0 Å². The maximum Gasteiger partial charge on any atom is 0.430 e. The van der Waals surface area contributed by atoms with Crippen LogP contribution in [0.5, 0.6) is 0 Å². The van der Waals surface area contributed by atoms with Crippen LogP contribution < -0.4 is 0 Å². The van der Waals surface area contributed by atoms with Crippen molar-refractivity contribution in [2.45, 2.75) is 41.7 Å². The van der Waals surface area contributed by atoms with Crippen molar-refractivity contribution in [2.75, 3.05) is 0 Å². The molecular weight excluding hydrogens is 381 g/mol. The minimum atomic E-state index is -7.88. The smallest absolute Gasteiger partial charge is 0.225 e. The Hall–Kier alpha value is -1.05. The molecule has 0 aromatic heterocycles. The molecule has 1 radical (unpaired) electrons. The van der Waals surface area contributed by atoms with E-state index in [1.807, 2.05) is 0 Å². The second-order valence-corrected chi connectivity index (χ2v) is 4.33. The van der Waals surface area contributed by atoms with Crippen LogP contribution in [0, 0.1) is 5.92 Å². The molecule has 0 spiro atoms. The standard InChI is InChI=1S/C8F15/c9-2(8(21,22)23)1(4(12,13)14)3(10,11)6(17,18)7(19,20)5(2,15)16. The van der Waals surface area contributed by atoms with Gasteiger partial charge in [-0.05, 0) is 0 Å². The molecule has 1 unspecified atom stereocenters. The van der Waals surface area contributed by atoms with Crippen LogP contribution in [-0.4, -0.2) is 41.7 Å². The van der Waals surface area contributed by atoms with Gasteiger partial charge in [-0.3, -0.25) is 0 Å². The predicted molar refractivity (Wildman–Crippen MR) is 39.0 cm³/mol. The van der Waals surface area contributed by atoms with E-state index >= 15 is 0 Å². The molecule has 1 atom stereocenters. The second kappa shape index (κ2) is 4.32. The molecular formula is C8F15. The fourth-order valence-electron chi connectivity index (χ4n) is 1.83. The van der Waals surface area contributed by atoms with Crippen LogP contribution in [0.3, 0.4) is 0 Å². The van der Waals surface area contributed by atoms with Crippen molar-refractivity contribution in [1.82, 2.24) is 0 Å². The summed E-state index contributed by atoms with van der Waals surface area (Å²) >= 11 is 0. The molecule has 0 nitrogen and oxygen atoms in total. The van der Waals surface area contributed by atoms with E-state index < -0.39 is 47.6 Å². The Morgan fingerprint density at radius 1 is 0.522 bits per heavy atom. The Bertz CT molecular complexity index is 481. The zero-order valence-electron chi connectivity index (χ0n) is 9.67. The van der Waals surface area contributed by atoms with Gasteiger partial charge < -0.3 is 0 Å². The van der Waals surface area contributed by atoms with E-state index in [1.54, 1.807) is 0 Å². The van der Waals surface area contributed by atoms with Gasteiger partial charge in [-0.2, -0.15) is 61.5 Å². The minimum absolute atomic E-state index is 5.36. The molecule has 1 rings (SSSR count). The van der Waals surface area contributed by atoms with Crippen LogP contribution in [0.1, 0.15) is 0 Å². The number of halogens is 15. The third kappa shape index (κ3) is 1.96. The van der Waals surface area contributed by atoms with Crippen molar-refractivity contribution >= 4 is 0 Å². The lowest BCUT2D eigenvalue weighted by atomic mass is 9.66. The molecule has 1 aliphatic rings. The van der Waals surface area contributed by atoms with Gasteiger partial charge >= 0.3 is 36.0 Å². The summed E-state index contributed by atoms with van der Waals surface area (Å²) in [6.45, 7) is 0. The fourth-order valence-corrected chi connectivity index (χ4v) is 1.83. The van der Waals surface area contributed by atoms with E-state index in [0.29, 0.717) is 0 Å². The van der Waals surface area contributed by atoms with Gasteiger partial charge in [-0.1, -0.05) is 0 Å². The molecule has 0 amide bonds. The van der Waals surface area contributed by atoms with Crippen LogP contribution in [0.25, 0.3) is 0 Å². The van der Waals surface area contributed by atoms with Crippen molar-refractivity contribution < 1.29 is 65.9 Å². The topological polar surface area (TPSA) is 0 Å². The van der Waals surface area contributed by atoms with Gasteiger partial charge in [0.15, 0.2) is 0 Å². The van der Waals surface area contributed by atoms with Gasteiger partial charge in [-0.25, -0.2) is 4.39 Å². The molecule has 0 N–H and O–H groups in total. The van der Waals surface area contributed by atoms with E-state index in [-0.39, 0.29) is 0 Å². The van der Waals surface area contributed by atoms with Crippen LogP contribution in [0.4, 0.5) is 65.9 Å². The summed E-state index contributed by atoms with van der Waals surface area (Å²) in [6.07, 6.45) is -15.2. The molecule has 15 heteroatoms. The molecule has 0 aromatic carbocycles. The SMILES string of the molecule is FC(F)(F)[C]1C(F)(F)C(F)(F)C(F)(F)C(F)(F)C1(F)C(F)(F)F. The van der Waals surface area contributed by atoms with Crippen LogP contribution in [0.2, 0.25) is 0 Å². The Kier molecular flexibility index (Phi) is 3.75. The van der Waals surface area contributed by atoms with Crippen molar-refractivity contribution in [1.29, 1.82) is 0 Å². The largest absolute Gasteiger partial charge is 0.430 e. The van der Waals surface area contributed by atoms with E-state index in [0.717, 1.165) is 0 Å². The lowest BCUT2D eigenvalue weighted by molar-refractivity contribution is -0.457. The minimum Gasteiger partial charge on any atom is -0.225 e. The quantitative estimate of drug-likeness (QED) is 0.521. The highest BCUT2D eigenvalue weighted by atomic mass is 19.4. The number of alkyl halides is 15. The van der Waals surface area contributed by atoms with E-state index in [9.17, 15) is 65.9 Å². The molecule has 0 bridgehead atoms. The monoisotopic (exact) mass is 381 g/mol. The molecule has 0 aliphatic heterocycles. The third-order valence-corrected chi connectivity index (χ3v) is 2.95. The summed E-state index contributed by atoms with van der Waals surface area (Å²) in [7, 11) is 0. The van der Waals surface area contributed by atoms with Gasteiger partial charge in [0.1, 0.15) is 0 Å². The first kappa shape index (κ1) is 20.0. The highest BCUT2D eigenvalue weighted by Crippen LogP contribution is 2.72. The maximum absolute atomic E-state index is 13.4. The van der Waals surface area contributed by atoms with Crippen molar-refractivity contribution in [3.63, 3.8) is 0 Å². The Morgan fingerprint density at radius 3 is 1.13 bits per heavy atom. The molecule has 137 valence electrons. The molecule has 23 heavy (non-hydrogen) atoms. The first-order valence-corrected chi connectivity index (χ1v) is 4.83. The summed E-state index contributed by atoms with van der Waals surface area (Å²) < 4.78 is 190. The Labute approximate surface area is 115 Å². The summed E-state index contributed by atoms with van der Waals surface area (Å²) in [5.41, 5.74) is -7.78. The normalized spacial score (nSPS) is 33.5. The number of hydrogen-bond donors (Lipinski definition) is 0. The van der Waals surface area contributed by atoms with E-state index in [4.69, 9.17) is 0 Å². The van der Waals surface area contributed by atoms with E-state index in [1.165, 1.54) is 0 Å². The molecule has 1 fully saturated rings. The second-order valence-electron chi connectivity index (χ2n) is 4.33. The molecule has 0 saturated heterocycles. The first-order chi connectivity index (χ1) is 9.62. The van der Waals surface area contributed by atoms with Crippen molar-refractivity contribution in [3.05, 3.63) is 5.92 Å². The van der Waals surface area contributed by atoms with Gasteiger partial charge in [0, 0.05) is 0 Å². The highest BCUT2D eigenvalue weighted by Gasteiger charge is 3.02. The average Bonchev–Trinajstić information content (AvgIpc) is 2.22. The summed E-state index contributed by atoms with van der Waals surface area (Å²) in [4.78, 5) is 0. The molecule has 1 aliphatic carbocycles. The van der Waals surface area contributed by atoms with Gasteiger partial charge in [0.25, 0.3) is 5.67 Å². The third-order valence-electron chi connectivity index (χ3n) is 2.95. The van der Waals surface area contributed by atoms with Crippen LogP contribution in [0.15, 0.2) is 0 Å². The first-order valence-electron chi connectivity index (χ1n) is 4.83. The molecule has 0 heterocycles. The lowest BCUT2D eigenvalue weighted by Gasteiger charge is -2.52. The summed E-state index contributed by atoms with van der Waals surface area (Å²) in [5, 5.41) is 0. The lowest BCUT2D eigenvalue weighted by Crippen LogP contribution is -2.83. The number of hydrogen-bond acceptors (Lipinski definition) is 0. The number of rotatable bonds is 0. The van der Waals surface area contributed by atoms with Crippen molar-refractivity contribution in [3.8, 4) is 0 Å². The highest BCUT2D eigenvalue weighted by molar-refractivity contribution is 5.39. The fraction of sp³-hybridized carbons (Fsp3) is 0.875. The Balaban J connectivity index is 3.99. The maximum atomic E-state index is 13.4. The average molecular weight is 381 g/mol. The summed E-state index contributed by atoms with van der Waals surface area (Å²) in [5.74, 6) is -36.3. The van der Waals surface area contributed by atoms with Crippen LogP contribution >= 0.6 is 0 Å². The van der Waals surface area contributed by atoms with E-state index in [2.05, 4.69) is 0 Å².